The van der Waals surface area contributed by atoms with Gasteiger partial charge in [-0.1, -0.05) is 19.3 Å². The van der Waals surface area contributed by atoms with Crippen LogP contribution < -0.4 is 0 Å². The van der Waals surface area contributed by atoms with Crippen LogP contribution in [0.3, 0.4) is 0 Å². The van der Waals surface area contributed by atoms with Crippen molar-refractivity contribution in [1.82, 2.24) is 0 Å². The highest BCUT2D eigenvalue weighted by atomic mass is 27.0. The third-order valence-corrected chi connectivity index (χ3v) is 2.19. The number of aliphatic carboxylic acids is 1. The second-order valence-corrected chi connectivity index (χ2v) is 3.10. The van der Waals surface area contributed by atoms with Crippen LogP contribution in [-0.2, 0) is 4.79 Å². The van der Waals surface area contributed by atoms with E-state index in [2.05, 4.69) is 0 Å². The normalized spacial score (nSPS) is 18.9. The molecular formula is C8H17AlO2. The van der Waals surface area contributed by atoms with Gasteiger partial charge in [0.15, 0.2) is 17.4 Å². The van der Waals surface area contributed by atoms with Crippen LogP contribution in [-0.4, -0.2) is 28.4 Å². The molecule has 0 unspecified atom stereocenters. The van der Waals surface area contributed by atoms with E-state index in [0.29, 0.717) is 12.3 Å². The second-order valence-electron chi connectivity index (χ2n) is 3.10. The van der Waals surface area contributed by atoms with Crippen LogP contribution in [0.2, 0.25) is 0 Å². The molecule has 11 heavy (non-hydrogen) atoms. The zero-order chi connectivity index (χ0) is 7.40. The van der Waals surface area contributed by atoms with Crippen molar-refractivity contribution in [1.29, 1.82) is 0 Å². The van der Waals surface area contributed by atoms with E-state index in [1.54, 1.807) is 0 Å². The highest BCUT2D eigenvalue weighted by molar-refractivity contribution is 5.75. The molecule has 0 amide bonds. The molecule has 0 saturated heterocycles. The van der Waals surface area contributed by atoms with Gasteiger partial charge in [0.1, 0.15) is 0 Å². The van der Waals surface area contributed by atoms with Gasteiger partial charge in [-0.2, -0.15) is 0 Å². The van der Waals surface area contributed by atoms with Gasteiger partial charge < -0.3 is 5.11 Å². The fourth-order valence-corrected chi connectivity index (χ4v) is 1.64. The Morgan fingerprint density at radius 1 is 1.27 bits per heavy atom. The SMILES string of the molecule is O=C(O)CC1CCCCC1.[AlH3]. The van der Waals surface area contributed by atoms with Crippen LogP contribution in [0.15, 0.2) is 0 Å². The first-order chi connectivity index (χ1) is 4.79. The Kier molecular flexibility index (Phi) is 5.63. The Balaban J connectivity index is 0.000001000. The molecule has 0 spiro atoms. The van der Waals surface area contributed by atoms with Crippen molar-refractivity contribution in [3.63, 3.8) is 0 Å². The standard InChI is InChI=1S/C8H14O2.Al.3H/c9-8(10)6-7-4-2-1-3-5-7;;;;/h7H,1-6H2,(H,9,10);;;;. The fraction of sp³-hybridized carbons (Fsp3) is 0.875. The maximum Gasteiger partial charge on any atom is 0.303 e. The highest BCUT2D eigenvalue weighted by Crippen LogP contribution is 2.25. The maximum atomic E-state index is 10.3. The molecule has 0 aromatic rings. The monoisotopic (exact) mass is 172 g/mol. The van der Waals surface area contributed by atoms with Crippen molar-refractivity contribution >= 4 is 23.3 Å². The average molecular weight is 172 g/mol. The minimum Gasteiger partial charge on any atom is -0.481 e. The molecule has 64 valence electrons. The van der Waals surface area contributed by atoms with E-state index >= 15 is 0 Å². The van der Waals surface area contributed by atoms with Crippen LogP contribution in [0.5, 0.6) is 0 Å². The third-order valence-electron chi connectivity index (χ3n) is 2.19. The molecule has 3 heteroatoms. The molecule has 0 radical (unpaired) electrons. The molecule has 0 heterocycles. The number of carboxylic acid groups (broad SMARTS) is 1. The molecule has 1 saturated carbocycles. The molecular weight excluding hydrogens is 155 g/mol. The summed E-state index contributed by atoms with van der Waals surface area (Å²) in [6.45, 7) is 0. The summed E-state index contributed by atoms with van der Waals surface area (Å²) in [6, 6.07) is 0. The van der Waals surface area contributed by atoms with Crippen molar-refractivity contribution in [2.45, 2.75) is 38.5 Å². The number of rotatable bonds is 2. The summed E-state index contributed by atoms with van der Waals surface area (Å²) in [7, 11) is 0. The molecule has 1 N–H and O–H groups in total. The third kappa shape index (κ3) is 4.45. The first kappa shape index (κ1) is 11.0. The molecule has 1 aliphatic rings. The molecule has 1 aliphatic carbocycles. The van der Waals surface area contributed by atoms with Gasteiger partial charge in [0, 0.05) is 6.42 Å². The zero-order valence-electron chi connectivity index (χ0n) is 6.18. The predicted molar refractivity (Wildman–Crippen MR) is 48.8 cm³/mol. The summed E-state index contributed by atoms with van der Waals surface area (Å²) in [5.41, 5.74) is 0. The predicted octanol–water partition coefficient (Wildman–Crippen LogP) is 0.857. The van der Waals surface area contributed by atoms with Gasteiger partial charge in [0.25, 0.3) is 0 Å². The summed E-state index contributed by atoms with van der Waals surface area (Å²) in [5, 5.41) is 8.47. The first-order valence-corrected chi connectivity index (χ1v) is 4.01. The number of hydrogen-bond acceptors (Lipinski definition) is 1. The summed E-state index contributed by atoms with van der Waals surface area (Å²) >= 11 is 0. The smallest absolute Gasteiger partial charge is 0.303 e. The zero-order valence-corrected chi connectivity index (χ0v) is 6.18. The molecule has 0 aliphatic heterocycles. The van der Waals surface area contributed by atoms with E-state index in [9.17, 15) is 4.79 Å². The Morgan fingerprint density at radius 2 is 1.82 bits per heavy atom. The van der Waals surface area contributed by atoms with Crippen LogP contribution >= 0.6 is 0 Å². The highest BCUT2D eigenvalue weighted by Gasteiger charge is 2.15. The molecule has 0 aromatic heterocycles. The number of carboxylic acids is 1. The summed E-state index contributed by atoms with van der Waals surface area (Å²) in [4.78, 5) is 10.3. The van der Waals surface area contributed by atoms with Crippen molar-refractivity contribution in [2.75, 3.05) is 0 Å². The molecule has 2 nitrogen and oxygen atoms in total. The van der Waals surface area contributed by atoms with E-state index in [4.69, 9.17) is 5.11 Å². The average Bonchev–Trinajstić information content (AvgIpc) is 1.88. The van der Waals surface area contributed by atoms with Crippen molar-refractivity contribution < 1.29 is 9.90 Å². The van der Waals surface area contributed by atoms with Gasteiger partial charge in [0.05, 0.1) is 0 Å². The molecule has 1 fully saturated rings. The maximum absolute atomic E-state index is 10.3. The number of hydrogen-bond donors (Lipinski definition) is 1. The van der Waals surface area contributed by atoms with E-state index in [-0.39, 0.29) is 17.4 Å². The van der Waals surface area contributed by atoms with Crippen LogP contribution in [0, 0.1) is 5.92 Å². The molecule has 0 bridgehead atoms. The van der Waals surface area contributed by atoms with E-state index < -0.39 is 5.97 Å². The minimum absolute atomic E-state index is 0. The number of carbonyl (C=O) groups is 1. The molecule has 1 rings (SSSR count). The lowest BCUT2D eigenvalue weighted by molar-refractivity contribution is -0.138. The van der Waals surface area contributed by atoms with Crippen molar-refractivity contribution in [3.05, 3.63) is 0 Å². The van der Waals surface area contributed by atoms with E-state index in [0.717, 1.165) is 12.8 Å². The van der Waals surface area contributed by atoms with Crippen LogP contribution in [0.1, 0.15) is 38.5 Å². The Bertz CT molecular complexity index is 119. The van der Waals surface area contributed by atoms with Gasteiger partial charge in [-0.25, -0.2) is 0 Å². The Morgan fingerprint density at radius 3 is 2.27 bits per heavy atom. The summed E-state index contributed by atoms with van der Waals surface area (Å²) in [5.74, 6) is -0.154. The van der Waals surface area contributed by atoms with Gasteiger partial charge in [-0.05, 0) is 18.8 Å². The van der Waals surface area contributed by atoms with Crippen LogP contribution in [0.25, 0.3) is 0 Å². The molecule has 0 atom stereocenters. The summed E-state index contributed by atoms with van der Waals surface area (Å²) in [6.07, 6.45) is 6.42. The lowest BCUT2D eigenvalue weighted by atomic mass is 9.87. The lowest BCUT2D eigenvalue weighted by Crippen LogP contribution is -2.10. The van der Waals surface area contributed by atoms with Crippen LogP contribution in [0.4, 0.5) is 0 Å². The Hall–Kier alpha value is 0.00247. The minimum atomic E-state index is -0.632. The summed E-state index contributed by atoms with van der Waals surface area (Å²) < 4.78 is 0. The van der Waals surface area contributed by atoms with Gasteiger partial charge in [-0.15, -0.1) is 0 Å². The van der Waals surface area contributed by atoms with Gasteiger partial charge >= 0.3 is 5.97 Å². The van der Waals surface area contributed by atoms with Gasteiger partial charge in [0.2, 0.25) is 0 Å². The van der Waals surface area contributed by atoms with E-state index in [1.165, 1.54) is 19.3 Å². The van der Waals surface area contributed by atoms with Crippen molar-refractivity contribution in [2.24, 2.45) is 5.92 Å². The second kappa shape index (κ2) is 5.63. The van der Waals surface area contributed by atoms with Gasteiger partial charge in [-0.3, -0.25) is 4.79 Å². The first-order valence-electron chi connectivity index (χ1n) is 4.01. The molecule has 0 aromatic carbocycles. The fourth-order valence-electron chi connectivity index (χ4n) is 1.64. The largest absolute Gasteiger partial charge is 0.481 e. The topological polar surface area (TPSA) is 37.3 Å². The Labute approximate surface area is 78.1 Å². The van der Waals surface area contributed by atoms with Crippen molar-refractivity contribution in [3.8, 4) is 0 Å². The lowest BCUT2D eigenvalue weighted by Gasteiger charge is -2.18. The quantitative estimate of drug-likeness (QED) is 0.627. The van der Waals surface area contributed by atoms with E-state index in [1.807, 2.05) is 0 Å².